The van der Waals surface area contributed by atoms with Crippen molar-refractivity contribution in [3.63, 3.8) is 0 Å². The van der Waals surface area contributed by atoms with Crippen LogP contribution in [0.1, 0.15) is 22.8 Å². The molecular formula is C25H24ClN7O2S. The van der Waals surface area contributed by atoms with E-state index in [1.807, 2.05) is 30.3 Å². The van der Waals surface area contributed by atoms with Crippen molar-refractivity contribution in [2.75, 3.05) is 54.6 Å². The van der Waals surface area contributed by atoms with Crippen LogP contribution in [-0.2, 0) is 15.5 Å². The molecule has 2 atom stereocenters. The van der Waals surface area contributed by atoms with Crippen molar-refractivity contribution in [3.05, 3.63) is 64.4 Å². The Morgan fingerprint density at radius 2 is 2.06 bits per heavy atom. The summed E-state index contributed by atoms with van der Waals surface area (Å²) in [6.07, 6.45) is 6.84. The number of aromatic nitrogens is 3. The van der Waals surface area contributed by atoms with Crippen molar-refractivity contribution < 1.29 is 8.95 Å². The molecule has 0 aliphatic carbocycles. The second-order valence-electron chi connectivity index (χ2n) is 8.80. The first-order valence-corrected chi connectivity index (χ1v) is 13.5. The van der Waals surface area contributed by atoms with Crippen molar-refractivity contribution in [1.29, 1.82) is 0 Å². The molecule has 0 amide bonds. The van der Waals surface area contributed by atoms with Crippen LogP contribution in [0, 0.1) is 0 Å². The molecule has 0 bridgehead atoms. The van der Waals surface area contributed by atoms with Gasteiger partial charge in [-0.3, -0.25) is 9.20 Å². The van der Waals surface area contributed by atoms with Crippen molar-refractivity contribution >= 4 is 57.2 Å². The molecule has 3 aliphatic heterocycles. The number of hydrogen-bond acceptors (Lipinski definition) is 9. The maximum atomic E-state index is 11.9. The smallest absolute Gasteiger partial charge is 0.220 e. The van der Waals surface area contributed by atoms with Gasteiger partial charge in [0.1, 0.15) is 23.6 Å². The van der Waals surface area contributed by atoms with E-state index >= 15 is 0 Å². The lowest BCUT2D eigenvalue weighted by molar-refractivity contribution is 0.0395. The summed E-state index contributed by atoms with van der Waals surface area (Å²) in [5.41, 5.74) is 10.1. The number of anilines is 3. The number of hydrogen-bond donors (Lipinski definition) is 1. The van der Waals surface area contributed by atoms with Gasteiger partial charge < -0.3 is 20.3 Å². The number of ether oxygens (including phenoxy) is 1. The molecule has 1 saturated heterocycles. The monoisotopic (exact) mass is 521 g/mol. The van der Waals surface area contributed by atoms with Crippen molar-refractivity contribution in [2.45, 2.75) is 11.3 Å². The maximum absolute atomic E-state index is 11.9. The highest BCUT2D eigenvalue weighted by atomic mass is 35.5. The Hall–Kier alpha value is -3.34. The first-order valence-electron chi connectivity index (χ1n) is 11.6. The SMILES string of the molecule is CS(=O)c1ncc2c(n1)N1CCN=C1C(c1ccc(C3CN(c4ccc(N)cn4)CCO3)cc1Cl)=C2. The molecule has 9 nitrogen and oxygen atoms in total. The average molecular weight is 522 g/mol. The van der Waals surface area contributed by atoms with Crippen molar-refractivity contribution in [1.82, 2.24) is 15.0 Å². The number of fused-ring (bicyclic) bond motifs is 3. The summed E-state index contributed by atoms with van der Waals surface area (Å²) >= 11 is 6.86. The van der Waals surface area contributed by atoms with E-state index in [1.54, 1.807) is 18.6 Å². The zero-order chi connectivity index (χ0) is 24.8. The highest BCUT2D eigenvalue weighted by Crippen LogP contribution is 2.38. The number of nitrogens with zero attached hydrogens (tertiary/aromatic N) is 6. The van der Waals surface area contributed by atoms with Gasteiger partial charge in [0.05, 0.1) is 35.8 Å². The lowest BCUT2D eigenvalue weighted by Gasteiger charge is -2.34. The van der Waals surface area contributed by atoms with E-state index < -0.39 is 10.8 Å². The molecule has 11 heteroatoms. The van der Waals surface area contributed by atoms with Gasteiger partial charge in [-0.2, -0.15) is 0 Å². The van der Waals surface area contributed by atoms with E-state index in [1.165, 1.54) is 0 Å². The number of morpholine rings is 1. The molecule has 0 saturated carbocycles. The molecule has 1 aromatic carbocycles. The zero-order valence-electron chi connectivity index (χ0n) is 19.6. The summed E-state index contributed by atoms with van der Waals surface area (Å²) in [6, 6.07) is 9.84. The van der Waals surface area contributed by atoms with E-state index in [2.05, 4.69) is 30.8 Å². The maximum Gasteiger partial charge on any atom is 0.220 e. The van der Waals surface area contributed by atoms with Crippen molar-refractivity contribution in [2.24, 2.45) is 4.99 Å². The number of amidine groups is 1. The molecule has 2 aromatic heterocycles. The van der Waals surface area contributed by atoms with Crippen LogP contribution < -0.4 is 15.5 Å². The van der Waals surface area contributed by atoms with E-state index in [0.29, 0.717) is 42.1 Å². The zero-order valence-corrected chi connectivity index (χ0v) is 21.2. The number of nitrogen functional groups attached to an aromatic ring is 1. The fourth-order valence-electron chi connectivity index (χ4n) is 4.72. The Labute approximate surface area is 216 Å². The minimum atomic E-state index is -1.26. The number of aliphatic imine (C=N–C) groups is 1. The lowest BCUT2D eigenvalue weighted by atomic mass is 9.96. The second kappa shape index (κ2) is 9.27. The molecule has 3 aromatic rings. The topological polar surface area (TPSA) is 110 Å². The highest BCUT2D eigenvalue weighted by molar-refractivity contribution is 7.84. The fraction of sp³-hybridized carbons (Fsp3) is 0.280. The summed E-state index contributed by atoms with van der Waals surface area (Å²) in [6.45, 7) is 3.38. The number of pyridine rings is 1. The van der Waals surface area contributed by atoms with Crippen molar-refractivity contribution in [3.8, 4) is 0 Å². The number of benzene rings is 1. The van der Waals surface area contributed by atoms with Gasteiger partial charge >= 0.3 is 0 Å². The third-order valence-electron chi connectivity index (χ3n) is 6.48. The minimum Gasteiger partial charge on any atom is -0.397 e. The summed E-state index contributed by atoms with van der Waals surface area (Å²) in [4.78, 5) is 22.2. The molecule has 2 N–H and O–H groups in total. The Morgan fingerprint density at radius 1 is 1.17 bits per heavy atom. The first-order chi connectivity index (χ1) is 17.5. The molecule has 36 heavy (non-hydrogen) atoms. The predicted octanol–water partition coefficient (Wildman–Crippen LogP) is 3.20. The summed E-state index contributed by atoms with van der Waals surface area (Å²) < 4.78 is 18.0. The lowest BCUT2D eigenvalue weighted by Crippen LogP contribution is -2.38. The van der Waals surface area contributed by atoms with Gasteiger partial charge in [-0.25, -0.2) is 15.0 Å². The second-order valence-corrected chi connectivity index (χ2v) is 10.5. The molecule has 6 rings (SSSR count). The van der Waals surface area contributed by atoms with Gasteiger partial charge in [-0.15, -0.1) is 0 Å². The standard InChI is InChI=1S/C25H24ClN7O2S/c1-36(34)25-30-12-16-10-19(24-28-6-7-33(24)23(16)31-25)18-4-2-15(11-20(18)26)21-14-32(8-9-35-21)22-5-3-17(27)13-29-22/h2-5,10-13,21H,6-9,14,27H2,1H3. The van der Waals surface area contributed by atoms with Gasteiger partial charge in [0.25, 0.3) is 0 Å². The van der Waals surface area contributed by atoms with E-state index in [9.17, 15) is 4.21 Å². The number of rotatable bonds is 4. The Bertz CT molecular complexity index is 1430. The molecule has 184 valence electrons. The van der Waals surface area contributed by atoms with Crippen LogP contribution in [0.4, 0.5) is 17.3 Å². The van der Waals surface area contributed by atoms with Crippen LogP contribution in [0.25, 0.3) is 11.6 Å². The van der Waals surface area contributed by atoms with Gasteiger partial charge in [-0.05, 0) is 29.8 Å². The predicted molar refractivity (Wildman–Crippen MR) is 143 cm³/mol. The largest absolute Gasteiger partial charge is 0.397 e. The molecule has 3 aliphatic rings. The van der Waals surface area contributed by atoms with Crippen LogP contribution in [0.15, 0.2) is 52.9 Å². The Balaban J connectivity index is 1.30. The molecule has 2 unspecified atom stereocenters. The molecule has 0 spiro atoms. The van der Waals surface area contributed by atoms with Crippen LogP contribution in [0.3, 0.4) is 0 Å². The normalized spacial score (nSPS) is 19.9. The molecule has 1 fully saturated rings. The summed E-state index contributed by atoms with van der Waals surface area (Å²) in [5, 5.41) is 0.935. The third kappa shape index (κ3) is 4.15. The molecule has 5 heterocycles. The van der Waals surface area contributed by atoms with Crippen LogP contribution in [0.2, 0.25) is 5.02 Å². The van der Waals surface area contributed by atoms with E-state index in [-0.39, 0.29) is 6.10 Å². The minimum absolute atomic E-state index is 0.132. The number of nitrogens with two attached hydrogens (primary N) is 1. The fourth-order valence-corrected chi connectivity index (χ4v) is 5.43. The first kappa shape index (κ1) is 23.1. The Morgan fingerprint density at radius 3 is 2.83 bits per heavy atom. The summed E-state index contributed by atoms with van der Waals surface area (Å²) in [7, 11) is -1.26. The van der Waals surface area contributed by atoms with Crippen LogP contribution >= 0.6 is 11.6 Å². The quantitative estimate of drug-likeness (QED) is 0.521. The number of halogens is 1. The molecule has 0 radical (unpaired) electrons. The van der Waals surface area contributed by atoms with E-state index in [4.69, 9.17) is 27.1 Å². The van der Waals surface area contributed by atoms with Gasteiger partial charge in [-0.1, -0.05) is 23.7 Å². The van der Waals surface area contributed by atoms with E-state index in [0.717, 1.165) is 46.3 Å². The highest BCUT2D eigenvalue weighted by Gasteiger charge is 2.32. The average Bonchev–Trinajstić information content (AvgIpc) is 3.39. The van der Waals surface area contributed by atoms with Crippen LogP contribution in [-0.4, -0.2) is 64.0 Å². The molecular weight excluding hydrogens is 498 g/mol. The summed E-state index contributed by atoms with van der Waals surface area (Å²) in [5.74, 6) is 2.43. The van der Waals surface area contributed by atoms with Gasteiger partial charge in [0, 0.05) is 53.8 Å². The Kier molecular flexibility index (Phi) is 5.94. The van der Waals surface area contributed by atoms with Gasteiger partial charge in [0.15, 0.2) is 0 Å². The third-order valence-corrected chi connectivity index (χ3v) is 7.51. The van der Waals surface area contributed by atoms with Crippen LogP contribution in [0.5, 0.6) is 0 Å². The van der Waals surface area contributed by atoms with Gasteiger partial charge in [0.2, 0.25) is 5.16 Å².